The summed E-state index contributed by atoms with van der Waals surface area (Å²) in [5.41, 5.74) is 2.50. The average molecular weight is 324 g/mol. The van der Waals surface area contributed by atoms with Crippen LogP contribution in [0.15, 0.2) is 30.3 Å². The lowest BCUT2D eigenvalue weighted by Crippen LogP contribution is -2.07. The summed E-state index contributed by atoms with van der Waals surface area (Å²) in [7, 11) is 1.55. The number of ether oxygens (including phenoxy) is 2. The first kappa shape index (κ1) is 17.4. The highest BCUT2D eigenvalue weighted by Gasteiger charge is 2.11. The lowest BCUT2D eigenvalue weighted by atomic mass is 10.1. The van der Waals surface area contributed by atoms with Gasteiger partial charge in [0.1, 0.15) is 5.75 Å². The molecule has 2 aromatic carbocycles. The van der Waals surface area contributed by atoms with Crippen molar-refractivity contribution in [3.63, 3.8) is 0 Å². The van der Waals surface area contributed by atoms with E-state index in [2.05, 4.69) is 11.8 Å². The van der Waals surface area contributed by atoms with Gasteiger partial charge in [-0.1, -0.05) is 11.8 Å². The van der Waals surface area contributed by atoms with E-state index >= 15 is 0 Å². The molecule has 0 aliphatic rings. The molecule has 0 fully saturated rings. The normalized spacial score (nSPS) is 10.0. The highest BCUT2D eigenvalue weighted by molar-refractivity contribution is 5.81. The molecule has 0 aliphatic heterocycles. The van der Waals surface area contributed by atoms with Gasteiger partial charge in [-0.3, -0.25) is 4.79 Å². The zero-order valence-electron chi connectivity index (χ0n) is 14.2. The summed E-state index contributed by atoms with van der Waals surface area (Å²) in [6, 6.07) is 8.44. The minimum atomic E-state index is -0.0321. The van der Waals surface area contributed by atoms with Crippen molar-refractivity contribution in [3.05, 3.63) is 52.6 Å². The van der Waals surface area contributed by atoms with Crippen LogP contribution in [0.2, 0.25) is 0 Å². The first-order valence-electron chi connectivity index (χ1n) is 7.60. The largest absolute Gasteiger partial charge is 0.508 e. The van der Waals surface area contributed by atoms with Gasteiger partial charge >= 0.3 is 0 Å². The molecule has 2 rings (SSSR count). The Morgan fingerprint density at radius 2 is 1.88 bits per heavy atom. The molecule has 0 amide bonds. The van der Waals surface area contributed by atoms with Crippen LogP contribution in [0.1, 0.15) is 40.9 Å². The molecule has 1 N–H and O–H groups in total. The zero-order valence-corrected chi connectivity index (χ0v) is 14.2. The molecule has 0 aliphatic carbocycles. The van der Waals surface area contributed by atoms with Crippen LogP contribution in [0.4, 0.5) is 0 Å². The Hall–Kier alpha value is -2.93. The first-order valence-corrected chi connectivity index (χ1v) is 7.60. The number of carbonyl (C=O) groups is 1. The monoisotopic (exact) mass is 324 g/mol. The van der Waals surface area contributed by atoms with Gasteiger partial charge in [0.05, 0.1) is 13.2 Å². The maximum Gasteiger partial charge on any atom is 0.162 e. The fourth-order valence-electron chi connectivity index (χ4n) is 2.16. The van der Waals surface area contributed by atoms with Crippen LogP contribution in [-0.2, 0) is 0 Å². The molecule has 0 saturated heterocycles. The molecule has 4 nitrogen and oxygen atoms in total. The Morgan fingerprint density at radius 3 is 2.46 bits per heavy atom. The second-order valence-electron chi connectivity index (χ2n) is 5.63. The molecule has 4 heteroatoms. The average Bonchev–Trinajstić information content (AvgIpc) is 2.55. The zero-order chi connectivity index (χ0) is 17.7. The Kier molecular flexibility index (Phi) is 5.49. The fraction of sp³-hybridized carbons (Fsp3) is 0.250. The summed E-state index contributed by atoms with van der Waals surface area (Å²) in [5.74, 6) is 7.25. The van der Waals surface area contributed by atoms with Crippen LogP contribution in [0.3, 0.4) is 0 Å². The molecule has 124 valence electrons. The maximum atomic E-state index is 11.4. The maximum absolute atomic E-state index is 11.4. The number of carbonyl (C=O) groups excluding carboxylic acids is 1. The van der Waals surface area contributed by atoms with Gasteiger partial charge in [0, 0.05) is 22.8 Å². The van der Waals surface area contributed by atoms with E-state index in [1.807, 2.05) is 13.8 Å². The lowest BCUT2D eigenvalue weighted by Gasteiger charge is -2.14. The Morgan fingerprint density at radius 1 is 1.12 bits per heavy atom. The van der Waals surface area contributed by atoms with Crippen LogP contribution in [-0.4, -0.2) is 24.6 Å². The number of phenolic OH excluding ortho intramolecular Hbond substituents is 1. The van der Waals surface area contributed by atoms with Crippen molar-refractivity contribution in [2.45, 2.75) is 26.9 Å². The van der Waals surface area contributed by atoms with E-state index < -0.39 is 0 Å². The molecular formula is C20H20O4. The number of hydrogen-bond acceptors (Lipinski definition) is 4. The van der Waals surface area contributed by atoms with Gasteiger partial charge < -0.3 is 14.6 Å². The summed E-state index contributed by atoms with van der Waals surface area (Å²) >= 11 is 0. The summed E-state index contributed by atoms with van der Waals surface area (Å²) in [4.78, 5) is 11.4. The van der Waals surface area contributed by atoms with E-state index in [1.54, 1.807) is 44.4 Å². The van der Waals surface area contributed by atoms with Gasteiger partial charge in [-0.05, 0) is 50.6 Å². The Balaban J connectivity index is 2.45. The SMILES string of the molecule is COc1cc(C#Cc2ccc(O)c(C)c2)c(C=O)cc1OC(C)C. The molecule has 0 unspecified atom stereocenters. The molecular weight excluding hydrogens is 304 g/mol. The number of hydrogen-bond donors (Lipinski definition) is 1. The third-order valence-corrected chi connectivity index (χ3v) is 3.36. The van der Waals surface area contributed by atoms with Crippen LogP contribution < -0.4 is 9.47 Å². The van der Waals surface area contributed by atoms with E-state index in [4.69, 9.17) is 9.47 Å². The molecule has 0 spiro atoms. The van der Waals surface area contributed by atoms with Gasteiger partial charge in [0.15, 0.2) is 17.8 Å². The highest BCUT2D eigenvalue weighted by Crippen LogP contribution is 2.31. The van der Waals surface area contributed by atoms with Crippen LogP contribution in [0.25, 0.3) is 0 Å². The van der Waals surface area contributed by atoms with Crippen LogP contribution in [0, 0.1) is 18.8 Å². The van der Waals surface area contributed by atoms with Crippen molar-refractivity contribution >= 4 is 6.29 Å². The predicted octanol–water partition coefficient (Wildman–Crippen LogP) is 3.71. The van der Waals surface area contributed by atoms with Crippen LogP contribution >= 0.6 is 0 Å². The minimum absolute atomic E-state index is 0.0321. The molecule has 0 saturated carbocycles. The number of aldehydes is 1. The molecule has 0 bridgehead atoms. The Bertz CT molecular complexity index is 810. The van der Waals surface area contributed by atoms with E-state index in [-0.39, 0.29) is 11.9 Å². The number of methoxy groups -OCH3 is 1. The number of aromatic hydroxyl groups is 1. The van der Waals surface area contributed by atoms with E-state index in [1.165, 1.54) is 0 Å². The summed E-state index contributed by atoms with van der Waals surface area (Å²) in [6.45, 7) is 5.61. The third kappa shape index (κ3) is 4.08. The molecule has 24 heavy (non-hydrogen) atoms. The predicted molar refractivity (Wildman–Crippen MR) is 93.0 cm³/mol. The van der Waals surface area contributed by atoms with Gasteiger partial charge in [0.2, 0.25) is 0 Å². The minimum Gasteiger partial charge on any atom is -0.508 e. The van der Waals surface area contributed by atoms with Crippen molar-refractivity contribution in [1.82, 2.24) is 0 Å². The summed E-state index contributed by atoms with van der Waals surface area (Å²) in [5, 5.41) is 9.56. The van der Waals surface area contributed by atoms with E-state index in [9.17, 15) is 9.90 Å². The summed E-state index contributed by atoms with van der Waals surface area (Å²) in [6.07, 6.45) is 0.717. The number of phenols is 1. The van der Waals surface area contributed by atoms with E-state index in [0.29, 0.717) is 22.6 Å². The quantitative estimate of drug-likeness (QED) is 0.688. The second-order valence-corrected chi connectivity index (χ2v) is 5.63. The van der Waals surface area contributed by atoms with Gasteiger partial charge in [-0.2, -0.15) is 0 Å². The highest BCUT2D eigenvalue weighted by atomic mass is 16.5. The van der Waals surface area contributed by atoms with Crippen molar-refractivity contribution in [2.24, 2.45) is 0 Å². The topological polar surface area (TPSA) is 55.8 Å². The van der Waals surface area contributed by atoms with Gasteiger partial charge in [-0.15, -0.1) is 0 Å². The smallest absolute Gasteiger partial charge is 0.162 e. The molecule has 0 atom stereocenters. The second kappa shape index (κ2) is 7.56. The number of benzene rings is 2. The molecule has 0 heterocycles. The summed E-state index contributed by atoms with van der Waals surface area (Å²) < 4.78 is 11.0. The number of aryl methyl sites for hydroxylation is 1. The molecule has 0 aromatic heterocycles. The number of rotatable bonds is 4. The fourth-order valence-corrected chi connectivity index (χ4v) is 2.16. The van der Waals surface area contributed by atoms with Crippen molar-refractivity contribution in [1.29, 1.82) is 0 Å². The van der Waals surface area contributed by atoms with Gasteiger partial charge in [-0.25, -0.2) is 0 Å². The molecule has 2 aromatic rings. The standard InChI is InChI=1S/C20H20O4/c1-13(2)24-20-11-17(12-21)16(10-19(20)23-4)7-5-15-6-8-18(22)14(3)9-15/h6,8-13,22H,1-4H3. The Labute approximate surface area is 142 Å². The van der Waals surface area contributed by atoms with Crippen molar-refractivity contribution in [2.75, 3.05) is 7.11 Å². The van der Waals surface area contributed by atoms with Gasteiger partial charge in [0.25, 0.3) is 0 Å². The van der Waals surface area contributed by atoms with Crippen LogP contribution in [0.5, 0.6) is 17.2 Å². The van der Waals surface area contributed by atoms with E-state index in [0.717, 1.165) is 17.4 Å². The third-order valence-electron chi connectivity index (χ3n) is 3.36. The van der Waals surface area contributed by atoms with Crippen molar-refractivity contribution in [3.8, 4) is 29.1 Å². The van der Waals surface area contributed by atoms with Crippen molar-refractivity contribution < 1.29 is 19.4 Å². The first-order chi connectivity index (χ1) is 11.4. The lowest BCUT2D eigenvalue weighted by molar-refractivity contribution is 0.112. The molecule has 0 radical (unpaired) electrons.